The maximum atomic E-state index is 8.76. The summed E-state index contributed by atoms with van der Waals surface area (Å²) < 4.78 is 16.4. The van der Waals surface area contributed by atoms with Crippen molar-refractivity contribution in [3.63, 3.8) is 0 Å². The molecule has 4 nitrogen and oxygen atoms in total. The Labute approximate surface area is 101 Å². The first-order chi connectivity index (χ1) is 8.33. The number of hydrogen-bond donors (Lipinski definition) is 1. The van der Waals surface area contributed by atoms with Crippen LogP contribution in [0.1, 0.15) is 24.7 Å². The van der Waals surface area contributed by atoms with Crippen LogP contribution in [-0.4, -0.2) is 31.5 Å². The fourth-order valence-corrected chi connectivity index (χ4v) is 1.85. The zero-order chi connectivity index (χ0) is 12.1. The molecule has 0 amide bonds. The highest BCUT2D eigenvalue weighted by molar-refractivity contribution is 5.28. The van der Waals surface area contributed by atoms with Gasteiger partial charge in [-0.05, 0) is 25.0 Å². The number of benzene rings is 1. The molecule has 1 fully saturated rings. The van der Waals surface area contributed by atoms with Crippen LogP contribution in [0, 0.1) is 0 Å². The van der Waals surface area contributed by atoms with Crippen molar-refractivity contribution in [2.45, 2.75) is 25.2 Å². The molecule has 0 bridgehead atoms. The summed E-state index contributed by atoms with van der Waals surface area (Å²) in [5.74, 6) is 0.823. The summed E-state index contributed by atoms with van der Waals surface area (Å²) in [6.07, 6.45) is 1.39. The molecule has 0 saturated carbocycles. The van der Waals surface area contributed by atoms with E-state index in [0.29, 0.717) is 6.61 Å². The third-order valence-electron chi connectivity index (χ3n) is 2.82. The van der Waals surface area contributed by atoms with E-state index in [1.165, 1.54) is 0 Å². The summed E-state index contributed by atoms with van der Waals surface area (Å²) in [6.45, 7) is 0.795. The fraction of sp³-hybridized carbons (Fsp3) is 0.538. The molecular formula is C13H18O4. The molecule has 17 heavy (non-hydrogen) atoms. The molecule has 0 radical (unpaired) electrons. The first-order valence-corrected chi connectivity index (χ1v) is 5.85. The Morgan fingerprint density at radius 2 is 2.12 bits per heavy atom. The second-order valence-electron chi connectivity index (χ2n) is 4.06. The van der Waals surface area contributed by atoms with E-state index in [1.807, 2.05) is 24.3 Å². The van der Waals surface area contributed by atoms with Gasteiger partial charge >= 0.3 is 0 Å². The van der Waals surface area contributed by atoms with Gasteiger partial charge in [0.05, 0.1) is 19.8 Å². The van der Waals surface area contributed by atoms with E-state index in [4.69, 9.17) is 19.3 Å². The molecule has 1 aliphatic rings. The lowest BCUT2D eigenvalue weighted by molar-refractivity contribution is -0.0617. The average Bonchev–Trinajstić information content (AvgIpc) is 2.85. The van der Waals surface area contributed by atoms with Gasteiger partial charge in [0.25, 0.3) is 0 Å². The molecule has 2 atom stereocenters. The number of hydrogen-bond acceptors (Lipinski definition) is 4. The topological polar surface area (TPSA) is 47.9 Å². The zero-order valence-electron chi connectivity index (χ0n) is 9.96. The first kappa shape index (κ1) is 12.4. The molecule has 1 saturated heterocycles. The Hall–Kier alpha value is -1.10. The average molecular weight is 238 g/mol. The molecule has 1 aromatic rings. The summed E-state index contributed by atoms with van der Waals surface area (Å²) in [5, 5.41) is 8.76. The van der Waals surface area contributed by atoms with E-state index < -0.39 is 0 Å². The summed E-state index contributed by atoms with van der Waals surface area (Å²) in [6, 6.07) is 7.67. The molecule has 2 unspecified atom stereocenters. The Bertz CT molecular complexity index is 336. The lowest BCUT2D eigenvalue weighted by Gasteiger charge is -2.11. The molecule has 1 heterocycles. The van der Waals surface area contributed by atoms with E-state index in [9.17, 15) is 0 Å². The van der Waals surface area contributed by atoms with Crippen molar-refractivity contribution in [1.29, 1.82) is 0 Å². The third-order valence-corrected chi connectivity index (χ3v) is 2.82. The van der Waals surface area contributed by atoms with Gasteiger partial charge in [-0.25, -0.2) is 0 Å². The molecule has 0 aromatic heterocycles. The molecule has 1 aromatic carbocycles. The normalized spacial score (nSPS) is 23.9. The Morgan fingerprint density at radius 3 is 2.76 bits per heavy atom. The standard InChI is InChI=1S/C13H18O4/c1-15-11-6-4-10(5-7-11)13-16-9-12(17-13)3-2-8-14/h4-7,12-14H,2-3,8-9H2,1H3. The predicted molar refractivity (Wildman–Crippen MR) is 62.9 cm³/mol. The SMILES string of the molecule is COc1ccc(C2OCC(CCCO)O2)cc1. The van der Waals surface area contributed by atoms with Crippen LogP contribution in [0.5, 0.6) is 5.75 Å². The number of methoxy groups -OCH3 is 1. The molecule has 94 valence electrons. The van der Waals surface area contributed by atoms with Crippen molar-refractivity contribution in [2.75, 3.05) is 20.3 Å². The van der Waals surface area contributed by atoms with E-state index in [-0.39, 0.29) is 19.0 Å². The molecule has 1 aliphatic heterocycles. The fourth-order valence-electron chi connectivity index (χ4n) is 1.85. The Kier molecular flexibility index (Phi) is 4.36. The minimum absolute atomic E-state index is 0.0919. The summed E-state index contributed by atoms with van der Waals surface area (Å²) in [5.41, 5.74) is 0.997. The predicted octanol–water partition coefficient (Wildman–Crippen LogP) is 1.88. The van der Waals surface area contributed by atoms with Crippen LogP contribution < -0.4 is 4.74 Å². The van der Waals surface area contributed by atoms with Crippen molar-refractivity contribution >= 4 is 0 Å². The van der Waals surface area contributed by atoms with Crippen molar-refractivity contribution < 1.29 is 19.3 Å². The monoisotopic (exact) mass is 238 g/mol. The van der Waals surface area contributed by atoms with Crippen molar-refractivity contribution in [3.8, 4) is 5.75 Å². The minimum Gasteiger partial charge on any atom is -0.497 e. The maximum absolute atomic E-state index is 8.76. The van der Waals surface area contributed by atoms with Crippen LogP contribution in [0.2, 0.25) is 0 Å². The third kappa shape index (κ3) is 3.19. The molecule has 2 rings (SSSR count). The van der Waals surface area contributed by atoms with Crippen molar-refractivity contribution in [2.24, 2.45) is 0 Å². The van der Waals surface area contributed by atoms with Crippen LogP contribution in [0.3, 0.4) is 0 Å². The van der Waals surface area contributed by atoms with Crippen molar-refractivity contribution in [3.05, 3.63) is 29.8 Å². The second kappa shape index (κ2) is 6.00. The first-order valence-electron chi connectivity index (χ1n) is 5.85. The highest BCUT2D eigenvalue weighted by Gasteiger charge is 2.26. The van der Waals surface area contributed by atoms with Crippen LogP contribution in [-0.2, 0) is 9.47 Å². The quantitative estimate of drug-likeness (QED) is 0.851. The molecule has 0 aliphatic carbocycles. The van der Waals surface area contributed by atoms with E-state index >= 15 is 0 Å². The van der Waals surface area contributed by atoms with Gasteiger partial charge in [0.15, 0.2) is 6.29 Å². The van der Waals surface area contributed by atoms with Gasteiger partial charge in [0.2, 0.25) is 0 Å². The highest BCUT2D eigenvalue weighted by Crippen LogP contribution is 2.29. The maximum Gasteiger partial charge on any atom is 0.184 e. The van der Waals surface area contributed by atoms with Gasteiger partial charge in [-0.3, -0.25) is 0 Å². The smallest absolute Gasteiger partial charge is 0.184 e. The van der Waals surface area contributed by atoms with Crippen LogP contribution in [0.15, 0.2) is 24.3 Å². The minimum atomic E-state index is -0.287. The van der Waals surface area contributed by atoms with Crippen molar-refractivity contribution in [1.82, 2.24) is 0 Å². The van der Waals surface area contributed by atoms with Gasteiger partial charge in [0, 0.05) is 12.2 Å². The zero-order valence-corrected chi connectivity index (χ0v) is 9.96. The van der Waals surface area contributed by atoms with Crippen LogP contribution in [0.4, 0.5) is 0 Å². The van der Waals surface area contributed by atoms with E-state index in [2.05, 4.69) is 0 Å². The molecule has 4 heteroatoms. The van der Waals surface area contributed by atoms with Crippen LogP contribution >= 0.6 is 0 Å². The van der Waals surface area contributed by atoms with E-state index in [1.54, 1.807) is 7.11 Å². The number of rotatable bonds is 5. The largest absolute Gasteiger partial charge is 0.497 e. The lowest BCUT2D eigenvalue weighted by atomic mass is 10.2. The molecular weight excluding hydrogens is 220 g/mol. The molecule has 1 N–H and O–H groups in total. The van der Waals surface area contributed by atoms with Crippen LogP contribution in [0.25, 0.3) is 0 Å². The van der Waals surface area contributed by atoms with Gasteiger partial charge in [-0.15, -0.1) is 0 Å². The number of aliphatic hydroxyl groups is 1. The highest BCUT2D eigenvalue weighted by atomic mass is 16.7. The Morgan fingerprint density at radius 1 is 1.35 bits per heavy atom. The lowest BCUT2D eigenvalue weighted by Crippen LogP contribution is -2.10. The number of aliphatic hydroxyl groups excluding tert-OH is 1. The Balaban J connectivity index is 1.90. The summed E-state index contributed by atoms with van der Waals surface area (Å²) in [4.78, 5) is 0. The second-order valence-corrected chi connectivity index (χ2v) is 4.06. The number of ether oxygens (including phenoxy) is 3. The van der Waals surface area contributed by atoms with Gasteiger partial charge < -0.3 is 19.3 Å². The van der Waals surface area contributed by atoms with Gasteiger partial charge in [-0.2, -0.15) is 0 Å². The summed E-state index contributed by atoms with van der Waals surface area (Å²) >= 11 is 0. The van der Waals surface area contributed by atoms with Gasteiger partial charge in [0.1, 0.15) is 5.75 Å². The van der Waals surface area contributed by atoms with E-state index in [0.717, 1.165) is 24.2 Å². The molecule has 0 spiro atoms. The van der Waals surface area contributed by atoms with Gasteiger partial charge in [-0.1, -0.05) is 12.1 Å². The summed E-state index contributed by atoms with van der Waals surface area (Å²) in [7, 11) is 1.64.